The first-order valence-corrected chi connectivity index (χ1v) is 11.4. The van der Waals surface area contributed by atoms with E-state index in [1.807, 2.05) is 13.8 Å². The number of fused-ring (bicyclic) bond motifs is 1. The largest absolute Gasteiger partial charge is 0.412 e. The van der Waals surface area contributed by atoms with E-state index in [4.69, 9.17) is 23.4 Å². The highest BCUT2D eigenvalue weighted by atomic mass is 28.4. The quantitative estimate of drug-likeness (QED) is 0.763. The van der Waals surface area contributed by atoms with Crippen LogP contribution in [-0.4, -0.2) is 57.4 Å². The number of rotatable bonds is 2. The Labute approximate surface area is 144 Å². The molecule has 0 radical (unpaired) electrons. The molecule has 3 saturated heterocycles. The van der Waals surface area contributed by atoms with Crippen molar-refractivity contribution in [2.24, 2.45) is 0 Å². The number of ether oxygens (including phenoxy) is 4. The fourth-order valence-electron chi connectivity index (χ4n) is 3.12. The fraction of sp³-hybridized carbons (Fsp3) is 0.938. The topological polar surface area (TPSA) is 75.3 Å². The minimum Gasteiger partial charge on any atom is -0.412 e. The Kier molecular flexibility index (Phi) is 4.09. The second-order valence-corrected chi connectivity index (χ2v) is 13.6. The Hall–Kier alpha value is -0.673. The van der Waals surface area contributed by atoms with Gasteiger partial charge >= 0.3 is 6.09 Å². The van der Waals surface area contributed by atoms with Gasteiger partial charge in [0.15, 0.2) is 14.1 Å². The number of hydrogen-bond acceptors (Lipinski definition) is 6. The molecule has 7 nitrogen and oxygen atoms in total. The number of amides is 1. The van der Waals surface area contributed by atoms with E-state index in [1.165, 1.54) is 0 Å². The van der Waals surface area contributed by atoms with Crippen LogP contribution in [0.25, 0.3) is 0 Å². The van der Waals surface area contributed by atoms with Gasteiger partial charge in [0.05, 0.1) is 13.2 Å². The number of carbonyl (C=O) groups excluding carboxylic acids is 1. The summed E-state index contributed by atoms with van der Waals surface area (Å²) in [7, 11) is -2.15. The van der Waals surface area contributed by atoms with Crippen LogP contribution in [0.2, 0.25) is 18.1 Å². The predicted octanol–water partition coefficient (Wildman–Crippen LogP) is 2.36. The molecule has 1 unspecified atom stereocenters. The second kappa shape index (κ2) is 5.41. The lowest BCUT2D eigenvalue weighted by Gasteiger charge is -2.48. The zero-order chi connectivity index (χ0) is 18.0. The molecule has 3 fully saturated rings. The van der Waals surface area contributed by atoms with Crippen LogP contribution < -0.4 is 5.32 Å². The zero-order valence-electron chi connectivity index (χ0n) is 15.6. The highest BCUT2D eigenvalue weighted by Crippen LogP contribution is 2.45. The Morgan fingerprint density at radius 3 is 2.46 bits per heavy atom. The third-order valence-corrected chi connectivity index (χ3v) is 9.87. The molecule has 3 aliphatic rings. The van der Waals surface area contributed by atoms with Crippen molar-refractivity contribution in [3.05, 3.63) is 0 Å². The van der Waals surface area contributed by atoms with Crippen molar-refractivity contribution >= 4 is 14.4 Å². The number of hydrogen-bond donors (Lipinski definition) is 1. The van der Waals surface area contributed by atoms with Gasteiger partial charge in [0.2, 0.25) is 0 Å². The summed E-state index contributed by atoms with van der Waals surface area (Å²) in [6.07, 6.45) is -1.59. The standard InChI is InChI=1S/C16H29NO6Si/c1-14(2,3)24(6,7)23-12-11-10(20-15(4,5)21-11)8-19-16(12)9-17-13(18)22-16/h10-12H,8-9H2,1-7H3,(H,17,18)/t10-,11?,12+,16+/m1/s1. The van der Waals surface area contributed by atoms with E-state index in [0.29, 0.717) is 6.61 Å². The molecule has 1 spiro atoms. The summed E-state index contributed by atoms with van der Waals surface area (Å²) in [5.41, 5.74) is 0. The third-order valence-electron chi connectivity index (χ3n) is 5.42. The molecule has 0 aliphatic carbocycles. The maximum Gasteiger partial charge on any atom is 0.410 e. The summed E-state index contributed by atoms with van der Waals surface area (Å²) in [4.78, 5) is 11.7. The Bertz CT molecular complexity index is 531. The molecular formula is C16H29NO6Si. The van der Waals surface area contributed by atoms with Gasteiger partial charge in [-0.15, -0.1) is 0 Å². The molecule has 3 heterocycles. The van der Waals surface area contributed by atoms with Crippen molar-refractivity contribution in [3.63, 3.8) is 0 Å². The third kappa shape index (κ3) is 2.99. The van der Waals surface area contributed by atoms with Gasteiger partial charge in [0, 0.05) is 0 Å². The van der Waals surface area contributed by atoms with E-state index < -0.39 is 32.1 Å². The molecule has 8 heteroatoms. The fourth-order valence-corrected chi connectivity index (χ4v) is 4.42. The summed E-state index contributed by atoms with van der Waals surface area (Å²) < 4.78 is 30.2. The van der Waals surface area contributed by atoms with E-state index >= 15 is 0 Å². The molecule has 0 bridgehead atoms. The van der Waals surface area contributed by atoms with Crippen molar-refractivity contribution in [2.45, 2.75) is 82.6 Å². The van der Waals surface area contributed by atoms with Crippen LogP contribution in [0, 0.1) is 0 Å². The normalized spacial score (nSPS) is 38.8. The molecule has 138 valence electrons. The molecule has 1 N–H and O–H groups in total. The van der Waals surface area contributed by atoms with Crippen LogP contribution in [0.15, 0.2) is 0 Å². The van der Waals surface area contributed by atoms with Gasteiger partial charge in [-0.25, -0.2) is 4.79 Å². The van der Waals surface area contributed by atoms with E-state index in [2.05, 4.69) is 39.2 Å². The van der Waals surface area contributed by atoms with Crippen LogP contribution in [-0.2, 0) is 23.4 Å². The smallest absolute Gasteiger partial charge is 0.410 e. The Morgan fingerprint density at radius 2 is 1.92 bits per heavy atom. The average Bonchev–Trinajstić information content (AvgIpc) is 2.92. The maximum absolute atomic E-state index is 11.7. The second-order valence-electron chi connectivity index (χ2n) is 8.80. The summed E-state index contributed by atoms with van der Waals surface area (Å²) in [6.45, 7) is 15.1. The van der Waals surface area contributed by atoms with Crippen molar-refractivity contribution in [1.29, 1.82) is 0 Å². The van der Waals surface area contributed by atoms with E-state index in [1.54, 1.807) is 0 Å². The van der Waals surface area contributed by atoms with Crippen molar-refractivity contribution < 1.29 is 28.2 Å². The van der Waals surface area contributed by atoms with Crippen molar-refractivity contribution in [3.8, 4) is 0 Å². The highest BCUT2D eigenvalue weighted by molar-refractivity contribution is 6.74. The molecule has 0 aromatic carbocycles. The number of carbonyl (C=O) groups is 1. The molecular weight excluding hydrogens is 330 g/mol. The number of nitrogens with one attached hydrogen (secondary N) is 1. The summed E-state index contributed by atoms with van der Waals surface area (Å²) in [5, 5.41) is 2.69. The Balaban J connectivity index is 1.93. The first-order chi connectivity index (χ1) is 10.9. The van der Waals surface area contributed by atoms with Gasteiger partial charge < -0.3 is 28.7 Å². The summed E-state index contributed by atoms with van der Waals surface area (Å²) in [6, 6.07) is 0. The van der Waals surface area contributed by atoms with Gasteiger partial charge in [-0.05, 0) is 32.0 Å². The van der Waals surface area contributed by atoms with Gasteiger partial charge in [0.1, 0.15) is 18.3 Å². The molecule has 24 heavy (non-hydrogen) atoms. The van der Waals surface area contributed by atoms with Gasteiger partial charge in [-0.3, -0.25) is 0 Å². The zero-order valence-corrected chi connectivity index (χ0v) is 16.6. The van der Waals surface area contributed by atoms with E-state index in [9.17, 15) is 4.79 Å². The van der Waals surface area contributed by atoms with E-state index in [0.717, 1.165) is 0 Å². The molecule has 0 saturated carbocycles. The molecule has 4 atom stereocenters. The lowest BCUT2D eigenvalue weighted by atomic mass is 9.97. The minimum absolute atomic E-state index is 0.00611. The van der Waals surface area contributed by atoms with Crippen LogP contribution in [0.4, 0.5) is 4.79 Å². The SMILES string of the molecule is CC1(C)OC2[C@@H](CO[C@]3(CNC(=O)O3)[C@H]2O[Si](C)(C)C(C)(C)C)O1. The minimum atomic E-state index is -2.15. The molecule has 3 rings (SSSR count). The summed E-state index contributed by atoms with van der Waals surface area (Å²) >= 11 is 0. The molecule has 0 aromatic heterocycles. The molecule has 0 aromatic rings. The average molecular weight is 359 g/mol. The van der Waals surface area contributed by atoms with Crippen LogP contribution in [0.5, 0.6) is 0 Å². The van der Waals surface area contributed by atoms with Gasteiger partial charge in [-0.2, -0.15) is 0 Å². The number of alkyl carbamates (subject to hydrolysis) is 1. The lowest BCUT2D eigenvalue weighted by molar-refractivity contribution is -0.281. The Morgan fingerprint density at radius 1 is 1.25 bits per heavy atom. The monoisotopic (exact) mass is 359 g/mol. The van der Waals surface area contributed by atoms with Crippen LogP contribution in [0.1, 0.15) is 34.6 Å². The predicted molar refractivity (Wildman–Crippen MR) is 89.1 cm³/mol. The maximum atomic E-state index is 11.7. The van der Waals surface area contributed by atoms with Gasteiger partial charge in [0.25, 0.3) is 5.79 Å². The first kappa shape index (κ1) is 18.1. The van der Waals surface area contributed by atoms with Crippen LogP contribution >= 0.6 is 0 Å². The lowest BCUT2D eigenvalue weighted by Crippen LogP contribution is -2.65. The van der Waals surface area contributed by atoms with Crippen LogP contribution in [0.3, 0.4) is 0 Å². The first-order valence-electron chi connectivity index (χ1n) is 8.50. The van der Waals surface area contributed by atoms with E-state index in [-0.39, 0.29) is 23.8 Å². The molecule has 1 amide bonds. The van der Waals surface area contributed by atoms with Crippen molar-refractivity contribution in [1.82, 2.24) is 5.32 Å². The van der Waals surface area contributed by atoms with Crippen molar-refractivity contribution in [2.75, 3.05) is 13.2 Å². The summed E-state index contributed by atoms with van der Waals surface area (Å²) in [5.74, 6) is -1.87. The molecule has 3 aliphatic heterocycles. The highest BCUT2D eigenvalue weighted by Gasteiger charge is 2.63. The van der Waals surface area contributed by atoms with Gasteiger partial charge in [-0.1, -0.05) is 20.8 Å².